The largest absolute Gasteiger partial charge is 0.394 e. The smallest absolute Gasteiger partial charge is 0.186 e. The molecule has 1 saturated heterocycles. The van der Waals surface area contributed by atoms with Gasteiger partial charge < -0.3 is 29.5 Å². The van der Waals surface area contributed by atoms with E-state index in [0.717, 1.165) is 5.56 Å². The van der Waals surface area contributed by atoms with E-state index in [4.69, 9.17) is 14.2 Å². The Hall–Kier alpha value is -1.02. The van der Waals surface area contributed by atoms with Gasteiger partial charge in [-0.15, -0.1) is 0 Å². The Balaban J connectivity index is 2.02. The molecule has 0 unspecified atom stereocenters. The molecule has 5 atom stereocenters. The zero-order valence-electron chi connectivity index (χ0n) is 11.3. The van der Waals surface area contributed by atoms with Crippen molar-refractivity contribution < 1.29 is 29.5 Å². The highest BCUT2D eigenvalue weighted by atomic mass is 16.7. The Morgan fingerprint density at radius 2 is 1.85 bits per heavy atom. The first-order chi connectivity index (χ1) is 9.67. The molecule has 1 heterocycles. The maximum atomic E-state index is 10.1. The van der Waals surface area contributed by atoms with Crippen molar-refractivity contribution in [3.05, 3.63) is 35.9 Å². The molecule has 1 aliphatic rings. The molecule has 0 aliphatic carbocycles. The fourth-order valence-corrected chi connectivity index (χ4v) is 2.21. The fourth-order valence-electron chi connectivity index (χ4n) is 2.21. The topological polar surface area (TPSA) is 88.4 Å². The third-order valence-corrected chi connectivity index (χ3v) is 3.34. The lowest BCUT2D eigenvalue weighted by atomic mass is 9.99. The summed E-state index contributed by atoms with van der Waals surface area (Å²) in [6.07, 6.45) is -4.90. The summed E-state index contributed by atoms with van der Waals surface area (Å²) < 4.78 is 15.8. The van der Waals surface area contributed by atoms with Gasteiger partial charge in [-0.1, -0.05) is 30.3 Å². The van der Waals surface area contributed by atoms with E-state index in [1.54, 1.807) is 0 Å². The SMILES string of the molecule is CO[C@@H]1O[C@H](CO)[C@H](O)[C@H](OCc2ccccc2)[C@H]1O. The van der Waals surface area contributed by atoms with Gasteiger partial charge in [-0.25, -0.2) is 0 Å². The number of methoxy groups -OCH3 is 1. The second kappa shape index (κ2) is 7.12. The molecule has 6 heteroatoms. The molecule has 6 nitrogen and oxygen atoms in total. The fraction of sp³-hybridized carbons (Fsp3) is 0.571. The maximum absolute atomic E-state index is 10.1. The van der Waals surface area contributed by atoms with E-state index in [2.05, 4.69) is 0 Å². The summed E-state index contributed by atoms with van der Waals surface area (Å²) in [7, 11) is 1.38. The van der Waals surface area contributed by atoms with Gasteiger partial charge in [-0.3, -0.25) is 0 Å². The van der Waals surface area contributed by atoms with Gasteiger partial charge in [0.15, 0.2) is 6.29 Å². The molecule has 3 N–H and O–H groups in total. The van der Waals surface area contributed by atoms with Crippen molar-refractivity contribution in [2.45, 2.75) is 37.3 Å². The molecule has 1 aromatic carbocycles. The van der Waals surface area contributed by atoms with Crippen LogP contribution in [0.3, 0.4) is 0 Å². The van der Waals surface area contributed by atoms with E-state index in [1.165, 1.54) is 7.11 Å². The Morgan fingerprint density at radius 3 is 2.45 bits per heavy atom. The van der Waals surface area contributed by atoms with Crippen LogP contribution in [0, 0.1) is 0 Å². The van der Waals surface area contributed by atoms with Crippen LogP contribution in [0.5, 0.6) is 0 Å². The van der Waals surface area contributed by atoms with Crippen LogP contribution in [0.2, 0.25) is 0 Å². The van der Waals surface area contributed by atoms with Crippen molar-refractivity contribution >= 4 is 0 Å². The van der Waals surface area contributed by atoms with Crippen LogP contribution in [-0.4, -0.2) is 59.7 Å². The second-order valence-electron chi connectivity index (χ2n) is 4.70. The normalized spacial score (nSPS) is 34.1. The molecule has 20 heavy (non-hydrogen) atoms. The Bertz CT molecular complexity index is 382. The van der Waals surface area contributed by atoms with Crippen molar-refractivity contribution in [3.63, 3.8) is 0 Å². The van der Waals surface area contributed by atoms with Crippen LogP contribution in [0.4, 0.5) is 0 Å². The lowest BCUT2D eigenvalue weighted by molar-refractivity contribution is -0.303. The predicted octanol–water partition coefficient (Wildman–Crippen LogP) is -0.343. The Morgan fingerprint density at radius 1 is 1.15 bits per heavy atom. The number of hydrogen-bond donors (Lipinski definition) is 3. The van der Waals surface area contributed by atoms with Gasteiger partial charge in [-0.2, -0.15) is 0 Å². The third kappa shape index (κ3) is 3.35. The van der Waals surface area contributed by atoms with Crippen LogP contribution in [0.1, 0.15) is 5.56 Å². The molecule has 0 bridgehead atoms. The van der Waals surface area contributed by atoms with Crippen LogP contribution in [0.15, 0.2) is 30.3 Å². The molecule has 2 rings (SSSR count). The minimum absolute atomic E-state index is 0.244. The Labute approximate surface area is 117 Å². The van der Waals surface area contributed by atoms with Gasteiger partial charge in [0.05, 0.1) is 13.2 Å². The van der Waals surface area contributed by atoms with E-state index in [-0.39, 0.29) is 13.2 Å². The summed E-state index contributed by atoms with van der Waals surface area (Å²) in [5.74, 6) is 0. The minimum atomic E-state index is -1.12. The molecule has 1 aromatic rings. The molecule has 0 aromatic heterocycles. The van der Waals surface area contributed by atoms with Crippen molar-refractivity contribution in [2.24, 2.45) is 0 Å². The zero-order valence-corrected chi connectivity index (χ0v) is 11.3. The molecule has 0 spiro atoms. The first-order valence-electron chi connectivity index (χ1n) is 6.48. The van der Waals surface area contributed by atoms with Gasteiger partial charge in [0.25, 0.3) is 0 Å². The number of aliphatic hydroxyl groups is 3. The highest BCUT2D eigenvalue weighted by Gasteiger charge is 2.45. The number of aliphatic hydroxyl groups excluding tert-OH is 3. The van der Waals surface area contributed by atoms with Crippen molar-refractivity contribution in [3.8, 4) is 0 Å². The molecule has 1 aliphatic heterocycles. The van der Waals surface area contributed by atoms with Crippen LogP contribution in [0.25, 0.3) is 0 Å². The van der Waals surface area contributed by atoms with Gasteiger partial charge >= 0.3 is 0 Å². The second-order valence-corrected chi connectivity index (χ2v) is 4.70. The van der Waals surface area contributed by atoms with Crippen molar-refractivity contribution in [1.29, 1.82) is 0 Å². The van der Waals surface area contributed by atoms with E-state index in [0.29, 0.717) is 0 Å². The summed E-state index contributed by atoms with van der Waals surface area (Å²) in [6.45, 7) is -0.132. The summed E-state index contributed by atoms with van der Waals surface area (Å²) >= 11 is 0. The molecule has 1 fully saturated rings. The average molecular weight is 284 g/mol. The predicted molar refractivity (Wildman–Crippen MR) is 69.8 cm³/mol. The first kappa shape index (κ1) is 15.4. The van der Waals surface area contributed by atoms with Gasteiger partial charge in [0.1, 0.15) is 24.4 Å². The van der Waals surface area contributed by atoms with Crippen LogP contribution < -0.4 is 0 Å². The minimum Gasteiger partial charge on any atom is -0.394 e. The molecule has 0 saturated carbocycles. The summed E-state index contributed by atoms with van der Waals surface area (Å²) in [4.78, 5) is 0. The standard InChI is InChI=1S/C14H20O6/c1-18-14-12(17)13(11(16)10(7-15)20-14)19-8-9-5-3-2-4-6-9/h2-6,10-17H,7-8H2,1H3/t10-,11+,12-,13+,14-/m1/s1. The molecular weight excluding hydrogens is 264 g/mol. The van der Waals surface area contributed by atoms with E-state index < -0.39 is 30.7 Å². The third-order valence-electron chi connectivity index (χ3n) is 3.34. The summed E-state index contributed by atoms with van der Waals surface area (Å²) in [5.41, 5.74) is 0.924. The Kier molecular flexibility index (Phi) is 5.47. The monoisotopic (exact) mass is 284 g/mol. The van der Waals surface area contributed by atoms with Crippen molar-refractivity contribution in [1.82, 2.24) is 0 Å². The molecular formula is C14H20O6. The quantitative estimate of drug-likeness (QED) is 0.685. The van der Waals surface area contributed by atoms with Gasteiger partial charge in [0, 0.05) is 7.11 Å². The number of benzene rings is 1. The highest BCUT2D eigenvalue weighted by molar-refractivity contribution is 5.13. The van der Waals surface area contributed by atoms with Crippen LogP contribution >= 0.6 is 0 Å². The lowest BCUT2D eigenvalue weighted by Gasteiger charge is -2.41. The average Bonchev–Trinajstić information content (AvgIpc) is 2.48. The maximum Gasteiger partial charge on any atom is 0.186 e. The molecule has 0 radical (unpaired) electrons. The van der Waals surface area contributed by atoms with E-state index in [1.807, 2.05) is 30.3 Å². The lowest BCUT2D eigenvalue weighted by Crippen LogP contribution is -2.59. The van der Waals surface area contributed by atoms with Crippen LogP contribution in [-0.2, 0) is 20.8 Å². The van der Waals surface area contributed by atoms with Gasteiger partial charge in [0.2, 0.25) is 0 Å². The van der Waals surface area contributed by atoms with E-state index in [9.17, 15) is 15.3 Å². The number of hydrogen-bond acceptors (Lipinski definition) is 6. The highest BCUT2D eigenvalue weighted by Crippen LogP contribution is 2.24. The zero-order chi connectivity index (χ0) is 14.5. The molecule has 112 valence electrons. The van der Waals surface area contributed by atoms with Crippen molar-refractivity contribution in [2.75, 3.05) is 13.7 Å². The summed E-state index contributed by atoms with van der Waals surface area (Å²) in [6, 6.07) is 9.42. The number of ether oxygens (including phenoxy) is 3. The van der Waals surface area contributed by atoms with Gasteiger partial charge in [-0.05, 0) is 5.56 Å². The molecule has 0 amide bonds. The number of rotatable bonds is 5. The van der Waals surface area contributed by atoms with E-state index >= 15 is 0 Å². The summed E-state index contributed by atoms with van der Waals surface area (Å²) in [5, 5.41) is 29.3. The first-order valence-corrected chi connectivity index (χ1v) is 6.48.